The first-order valence-electron chi connectivity index (χ1n) is 5.67. The Morgan fingerprint density at radius 1 is 1.35 bits per heavy atom. The third-order valence-corrected chi connectivity index (χ3v) is 2.49. The topological polar surface area (TPSA) is 38.7 Å². The van der Waals surface area contributed by atoms with E-state index in [0.717, 1.165) is 6.42 Å². The van der Waals surface area contributed by atoms with E-state index in [0.29, 0.717) is 12.4 Å². The maximum absolute atomic E-state index is 13.5. The van der Waals surface area contributed by atoms with Gasteiger partial charge in [0.05, 0.1) is 12.2 Å². The Kier molecular flexibility index (Phi) is 5.38. The van der Waals surface area contributed by atoms with Crippen molar-refractivity contribution < 1.29 is 19.0 Å². The Morgan fingerprint density at radius 3 is 2.59 bits per heavy atom. The smallest absolute Gasteiger partial charge is 0.132 e. The molecule has 1 aromatic carbocycles. The van der Waals surface area contributed by atoms with Crippen molar-refractivity contribution in [2.45, 2.75) is 32.5 Å². The average molecular weight is 242 g/mol. The summed E-state index contributed by atoms with van der Waals surface area (Å²) in [6.07, 6.45) is -0.0993. The van der Waals surface area contributed by atoms with Crippen molar-refractivity contribution in [3.8, 4) is 5.75 Å². The zero-order chi connectivity index (χ0) is 12.8. The van der Waals surface area contributed by atoms with Gasteiger partial charge in [-0.3, -0.25) is 0 Å². The van der Waals surface area contributed by atoms with Crippen LogP contribution in [0.15, 0.2) is 18.2 Å². The molecule has 0 saturated carbocycles. The van der Waals surface area contributed by atoms with Crippen molar-refractivity contribution in [2.75, 3.05) is 13.7 Å². The summed E-state index contributed by atoms with van der Waals surface area (Å²) >= 11 is 0. The molecule has 1 N–H and O–H groups in total. The van der Waals surface area contributed by atoms with E-state index in [-0.39, 0.29) is 11.7 Å². The minimum absolute atomic E-state index is 0.0354. The standard InChI is InChI=1S/C13H19FO3/c1-9(6-7-16-3)17-11-4-5-12(10(2)15)13(14)8-11/h4-5,8-10,15H,6-7H2,1-3H3/t9?,10-/m1/s1. The molecule has 0 aliphatic rings. The lowest BCUT2D eigenvalue weighted by molar-refractivity contribution is 0.135. The molecule has 96 valence electrons. The van der Waals surface area contributed by atoms with Crippen LogP contribution in [0.3, 0.4) is 0 Å². The lowest BCUT2D eigenvalue weighted by Crippen LogP contribution is -2.14. The molecule has 1 unspecified atom stereocenters. The number of aliphatic hydroxyl groups is 1. The Balaban J connectivity index is 2.64. The lowest BCUT2D eigenvalue weighted by atomic mass is 10.1. The molecule has 0 bridgehead atoms. The molecule has 4 heteroatoms. The van der Waals surface area contributed by atoms with Gasteiger partial charge < -0.3 is 14.6 Å². The van der Waals surface area contributed by atoms with Crippen LogP contribution in [0.5, 0.6) is 5.75 Å². The van der Waals surface area contributed by atoms with Crippen molar-refractivity contribution >= 4 is 0 Å². The van der Waals surface area contributed by atoms with Crippen LogP contribution in [0.2, 0.25) is 0 Å². The Bertz CT molecular complexity index is 353. The largest absolute Gasteiger partial charge is 0.491 e. The molecule has 0 fully saturated rings. The molecule has 0 aromatic heterocycles. The monoisotopic (exact) mass is 242 g/mol. The summed E-state index contributed by atoms with van der Waals surface area (Å²) in [5.74, 6) is 0.0203. The number of rotatable bonds is 6. The molecular weight excluding hydrogens is 223 g/mol. The van der Waals surface area contributed by atoms with E-state index in [1.165, 1.54) is 13.0 Å². The Labute approximate surface area is 101 Å². The molecule has 17 heavy (non-hydrogen) atoms. The van der Waals surface area contributed by atoms with E-state index in [9.17, 15) is 9.50 Å². The molecule has 1 aromatic rings. The first kappa shape index (κ1) is 13.9. The summed E-state index contributed by atoms with van der Waals surface area (Å²) in [5.41, 5.74) is 0.280. The first-order chi connectivity index (χ1) is 8.04. The predicted octanol–water partition coefficient (Wildman–Crippen LogP) is 2.68. The lowest BCUT2D eigenvalue weighted by Gasteiger charge is -2.15. The summed E-state index contributed by atoms with van der Waals surface area (Å²) in [6, 6.07) is 4.50. The van der Waals surface area contributed by atoms with Crippen LogP contribution >= 0.6 is 0 Å². The third kappa shape index (κ3) is 4.32. The van der Waals surface area contributed by atoms with Crippen LogP contribution in [-0.2, 0) is 4.74 Å². The van der Waals surface area contributed by atoms with E-state index in [1.54, 1.807) is 19.2 Å². The second-order valence-corrected chi connectivity index (χ2v) is 4.07. The van der Waals surface area contributed by atoms with Gasteiger partial charge in [0.15, 0.2) is 0 Å². The van der Waals surface area contributed by atoms with Crippen molar-refractivity contribution in [2.24, 2.45) is 0 Å². The SMILES string of the molecule is COCCC(C)Oc1ccc([C@@H](C)O)c(F)c1. The predicted molar refractivity (Wildman–Crippen MR) is 63.6 cm³/mol. The summed E-state index contributed by atoms with van der Waals surface area (Å²) in [6.45, 7) is 4.04. The molecule has 0 aliphatic carbocycles. The fraction of sp³-hybridized carbons (Fsp3) is 0.538. The summed E-state index contributed by atoms with van der Waals surface area (Å²) in [7, 11) is 1.63. The molecule has 0 heterocycles. The molecule has 1 rings (SSSR count). The zero-order valence-electron chi connectivity index (χ0n) is 10.4. The van der Waals surface area contributed by atoms with Crippen LogP contribution in [0.4, 0.5) is 4.39 Å². The van der Waals surface area contributed by atoms with Crippen molar-refractivity contribution in [1.82, 2.24) is 0 Å². The van der Waals surface area contributed by atoms with Gasteiger partial charge in [-0.1, -0.05) is 0 Å². The van der Waals surface area contributed by atoms with Gasteiger partial charge in [0.1, 0.15) is 11.6 Å². The Morgan fingerprint density at radius 2 is 2.06 bits per heavy atom. The molecule has 0 spiro atoms. The quantitative estimate of drug-likeness (QED) is 0.833. The van der Waals surface area contributed by atoms with Gasteiger partial charge in [0.25, 0.3) is 0 Å². The summed E-state index contributed by atoms with van der Waals surface area (Å²) < 4.78 is 24.0. The highest BCUT2D eigenvalue weighted by Crippen LogP contribution is 2.22. The Hall–Kier alpha value is -1.13. The maximum atomic E-state index is 13.5. The highest BCUT2D eigenvalue weighted by atomic mass is 19.1. The number of hydrogen-bond donors (Lipinski definition) is 1. The first-order valence-corrected chi connectivity index (χ1v) is 5.67. The number of aliphatic hydroxyl groups excluding tert-OH is 1. The fourth-order valence-corrected chi connectivity index (χ4v) is 1.50. The van der Waals surface area contributed by atoms with Crippen molar-refractivity contribution in [1.29, 1.82) is 0 Å². The van der Waals surface area contributed by atoms with E-state index in [4.69, 9.17) is 9.47 Å². The number of halogens is 1. The van der Waals surface area contributed by atoms with Gasteiger partial charge in [0, 0.05) is 31.8 Å². The second kappa shape index (κ2) is 6.57. The van der Waals surface area contributed by atoms with Crippen LogP contribution in [-0.4, -0.2) is 24.9 Å². The number of hydrogen-bond acceptors (Lipinski definition) is 3. The van der Waals surface area contributed by atoms with Gasteiger partial charge in [-0.25, -0.2) is 4.39 Å². The molecule has 3 nitrogen and oxygen atoms in total. The molecular formula is C13H19FO3. The van der Waals surface area contributed by atoms with Gasteiger partial charge in [-0.15, -0.1) is 0 Å². The van der Waals surface area contributed by atoms with Crippen LogP contribution in [0.25, 0.3) is 0 Å². The van der Waals surface area contributed by atoms with Crippen LogP contribution in [0, 0.1) is 5.82 Å². The van der Waals surface area contributed by atoms with E-state index < -0.39 is 11.9 Å². The fourth-order valence-electron chi connectivity index (χ4n) is 1.50. The van der Waals surface area contributed by atoms with E-state index in [1.807, 2.05) is 6.92 Å². The molecule has 0 saturated heterocycles. The van der Waals surface area contributed by atoms with Crippen molar-refractivity contribution in [3.05, 3.63) is 29.6 Å². The van der Waals surface area contributed by atoms with Crippen LogP contribution in [0.1, 0.15) is 31.9 Å². The van der Waals surface area contributed by atoms with Gasteiger partial charge in [-0.05, 0) is 26.0 Å². The average Bonchev–Trinajstić information content (AvgIpc) is 2.26. The van der Waals surface area contributed by atoms with E-state index >= 15 is 0 Å². The minimum Gasteiger partial charge on any atom is -0.491 e. The van der Waals surface area contributed by atoms with Gasteiger partial charge in [-0.2, -0.15) is 0 Å². The second-order valence-electron chi connectivity index (χ2n) is 4.07. The number of methoxy groups -OCH3 is 1. The molecule has 0 radical (unpaired) electrons. The third-order valence-electron chi connectivity index (χ3n) is 2.49. The number of ether oxygens (including phenoxy) is 2. The summed E-state index contributed by atoms with van der Waals surface area (Å²) in [4.78, 5) is 0. The number of benzene rings is 1. The highest BCUT2D eigenvalue weighted by Gasteiger charge is 2.10. The van der Waals surface area contributed by atoms with Gasteiger partial charge >= 0.3 is 0 Å². The highest BCUT2D eigenvalue weighted by molar-refractivity contribution is 5.30. The summed E-state index contributed by atoms with van der Waals surface area (Å²) in [5, 5.41) is 9.30. The van der Waals surface area contributed by atoms with Crippen molar-refractivity contribution in [3.63, 3.8) is 0 Å². The molecule has 0 aliphatic heterocycles. The molecule has 0 amide bonds. The van der Waals surface area contributed by atoms with Crippen LogP contribution < -0.4 is 4.74 Å². The van der Waals surface area contributed by atoms with E-state index in [2.05, 4.69) is 0 Å². The van der Waals surface area contributed by atoms with Gasteiger partial charge in [0.2, 0.25) is 0 Å². The zero-order valence-corrected chi connectivity index (χ0v) is 10.4. The normalized spacial score (nSPS) is 14.4. The maximum Gasteiger partial charge on any atom is 0.132 e. The minimum atomic E-state index is -0.810. The molecule has 2 atom stereocenters.